The van der Waals surface area contributed by atoms with Crippen molar-refractivity contribution in [1.29, 1.82) is 0 Å². The molecular formula is C15H22FN3S. The lowest BCUT2D eigenvalue weighted by Crippen LogP contribution is -2.49. The van der Waals surface area contributed by atoms with Gasteiger partial charge in [0.2, 0.25) is 0 Å². The first kappa shape index (κ1) is 15.2. The molecule has 3 nitrogen and oxygen atoms in total. The number of thiocarbonyl (C=S) groups is 1. The minimum atomic E-state index is -0.334. The second-order valence-electron chi connectivity index (χ2n) is 5.28. The Kier molecular flexibility index (Phi) is 4.94. The minimum Gasteiger partial charge on any atom is -0.389 e. The van der Waals surface area contributed by atoms with E-state index in [0.717, 1.165) is 38.3 Å². The lowest BCUT2D eigenvalue weighted by atomic mass is 10.1. The Morgan fingerprint density at radius 2 is 2.00 bits per heavy atom. The van der Waals surface area contributed by atoms with Gasteiger partial charge in [-0.05, 0) is 25.5 Å². The predicted octanol–water partition coefficient (Wildman–Crippen LogP) is 2.38. The highest BCUT2D eigenvalue weighted by Crippen LogP contribution is 2.25. The van der Waals surface area contributed by atoms with Gasteiger partial charge in [0.25, 0.3) is 0 Å². The van der Waals surface area contributed by atoms with E-state index in [1.807, 2.05) is 6.07 Å². The van der Waals surface area contributed by atoms with E-state index in [2.05, 4.69) is 23.6 Å². The molecule has 2 rings (SSSR count). The van der Waals surface area contributed by atoms with Gasteiger partial charge < -0.3 is 10.6 Å². The van der Waals surface area contributed by atoms with E-state index < -0.39 is 0 Å². The maximum absolute atomic E-state index is 13.9. The van der Waals surface area contributed by atoms with Crippen molar-refractivity contribution in [3.63, 3.8) is 0 Å². The Morgan fingerprint density at radius 3 is 2.55 bits per heavy atom. The normalized spacial score (nSPS) is 18.1. The van der Waals surface area contributed by atoms with Crippen molar-refractivity contribution < 1.29 is 4.39 Å². The first-order valence-electron chi connectivity index (χ1n) is 7.12. The molecule has 1 atom stereocenters. The zero-order valence-corrected chi connectivity index (χ0v) is 12.9. The molecule has 0 spiro atoms. The van der Waals surface area contributed by atoms with E-state index in [1.165, 1.54) is 6.07 Å². The Morgan fingerprint density at radius 1 is 1.35 bits per heavy atom. The summed E-state index contributed by atoms with van der Waals surface area (Å²) in [5.41, 5.74) is 6.87. The van der Waals surface area contributed by atoms with Crippen molar-refractivity contribution in [3.05, 3.63) is 29.6 Å². The summed E-state index contributed by atoms with van der Waals surface area (Å²) in [7, 11) is 0. The summed E-state index contributed by atoms with van der Waals surface area (Å²) in [6.45, 7) is 8.18. The van der Waals surface area contributed by atoms with E-state index >= 15 is 0 Å². The van der Waals surface area contributed by atoms with E-state index in [9.17, 15) is 4.39 Å². The molecule has 0 aliphatic carbocycles. The Hall–Kier alpha value is -1.20. The van der Waals surface area contributed by atoms with E-state index in [4.69, 9.17) is 18.0 Å². The largest absolute Gasteiger partial charge is 0.389 e. The van der Waals surface area contributed by atoms with Gasteiger partial charge in [-0.15, -0.1) is 0 Å². The summed E-state index contributed by atoms with van der Waals surface area (Å²) in [4.78, 5) is 4.77. The molecule has 1 unspecified atom stereocenters. The standard InChI is InChI=1S/C15H22FN3S/c1-3-11(2)18-7-9-19(10-8-18)13-6-4-5-12(16)14(13)15(17)20/h4-6,11H,3,7-10H2,1-2H3,(H2,17,20). The van der Waals surface area contributed by atoms with E-state index in [0.29, 0.717) is 11.6 Å². The number of benzene rings is 1. The molecule has 1 heterocycles. The second-order valence-corrected chi connectivity index (χ2v) is 5.72. The lowest BCUT2D eigenvalue weighted by Gasteiger charge is -2.39. The molecule has 0 amide bonds. The Labute approximate surface area is 125 Å². The van der Waals surface area contributed by atoms with Crippen LogP contribution in [0.25, 0.3) is 0 Å². The van der Waals surface area contributed by atoms with Crippen LogP contribution in [0.3, 0.4) is 0 Å². The molecule has 0 bridgehead atoms. The van der Waals surface area contributed by atoms with Gasteiger partial charge in [-0.1, -0.05) is 25.2 Å². The van der Waals surface area contributed by atoms with Gasteiger partial charge in [0.05, 0.1) is 5.56 Å². The number of halogens is 1. The molecule has 5 heteroatoms. The van der Waals surface area contributed by atoms with E-state index in [1.54, 1.807) is 6.07 Å². The highest BCUT2D eigenvalue weighted by Gasteiger charge is 2.23. The minimum absolute atomic E-state index is 0.127. The summed E-state index contributed by atoms with van der Waals surface area (Å²) in [6.07, 6.45) is 1.15. The molecule has 1 aliphatic heterocycles. The summed E-state index contributed by atoms with van der Waals surface area (Å²) < 4.78 is 13.9. The zero-order chi connectivity index (χ0) is 14.7. The molecule has 1 fully saturated rings. The molecule has 1 aromatic rings. The fraction of sp³-hybridized carbons (Fsp3) is 0.533. The van der Waals surface area contributed by atoms with Gasteiger partial charge in [-0.3, -0.25) is 4.90 Å². The van der Waals surface area contributed by atoms with Crippen LogP contribution in [0, 0.1) is 5.82 Å². The highest BCUT2D eigenvalue weighted by atomic mass is 32.1. The first-order chi connectivity index (χ1) is 9.54. The van der Waals surface area contributed by atoms with Gasteiger partial charge in [-0.2, -0.15) is 0 Å². The molecule has 1 saturated heterocycles. The number of nitrogens with zero attached hydrogens (tertiary/aromatic N) is 2. The van der Waals surface area contributed by atoms with Crippen LogP contribution in [0.5, 0.6) is 0 Å². The maximum Gasteiger partial charge on any atom is 0.135 e. The average Bonchev–Trinajstić information content (AvgIpc) is 2.46. The van der Waals surface area contributed by atoms with Gasteiger partial charge in [0.1, 0.15) is 10.8 Å². The number of anilines is 1. The summed E-state index contributed by atoms with van der Waals surface area (Å²) in [5, 5.41) is 0. The summed E-state index contributed by atoms with van der Waals surface area (Å²) in [6, 6.07) is 5.62. The summed E-state index contributed by atoms with van der Waals surface area (Å²) >= 11 is 4.99. The van der Waals surface area contributed by atoms with Gasteiger partial charge in [0.15, 0.2) is 0 Å². The van der Waals surface area contributed by atoms with Crippen molar-refractivity contribution in [3.8, 4) is 0 Å². The summed E-state index contributed by atoms with van der Waals surface area (Å²) in [5.74, 6) is -0.334. The maximum atomic E-state index is 13.9. The molecule has 110 valence electrons. The number of piperazine rings is 1. The van der Waals surface area contributed by atoms with Crippen LogP contribution in [0.2, 0.25) is 0 Å². The molecule has 0 saturated carbocycles. The number of rotatable bonds is 4. The van der Waals surface area contributed by atoms with Crippen molar-refractivity contribution in [1.82, 2.24) is 4.90 Å². The third-order valence-corrected chi connectivity index (χ3v) is 4.31. The van der Waals surface area contributed by atoms with Crippen LogP contribution in [-0.4, -0.2) is 42.1 Å². The fourth-order valence-corrected chi connectivity index (χ4v) is 2.88. The Bertz CT molecular complexity index is 484. The first-order valence-corrected chi connectivity index (χ1v) is 7.52. The third kappa shape index (κ3) is 3.10. The molecule has 20 heavy (non-hydrogen) atoms. The molecule has 2 N–H and O–H groups in total. The molecule has 1 aromatic carbocycles. The van der Waals surface area contributed by atoms with Crippen LogP contribution in [0.15, 0.2) is 18.2 Å². The Balaban J connectivity index is 2.15. The quantitative estimate of drug-likeness (QED) is 0.865. The highest BCUT2D eigenvalue weighted by molar-refractivity contribution is 7.80. The number of hydrogen-bond donors (Lipinski definition) is 1. The van der Waals surface area contributed by atoms with E-state index in [-0.39, 0.29) is 10.8 Å². The van der Waals surface area contributed by atoms with Crippen LogP contribution in [-0.2, 0) is 0 Å². The van der Waals surface area contributed by atoms with Crippen molar-refractivity contribution in [2.45, 2.75) is 26.3 Å². The van der Waals surface area contributed by atoms with Gasteiger partial charge in [-0.25, -0.2) is 4.39 Å². The van der Waals surface area contributed by atoms with Crippen molar-refractivity contribution in [2.24, 2.45) is 5.73 Å². The molecule has 0 radical (unpaired) electrons. The topological polar surface area (TPSA) is 32.5 Å². The SMILES string of the molecule is CCC(C)N1CCN(c2cccc(F)c2C(N)=S)CC1. The molecule has 1 aliphatic rings. The average molecular weight is 295 g/mol. The van der Waals surface area contributed by atoms with Gasteiger partial charge >= 0.3 is 0 Å². The predicted molar refractivity (Wildman–Crippen MR) is 85.8 cm³/mol. The van der Waals surface area contributed by atoms with Crippen molar-refractivity contribution >= 4 is 22.9 Å². The van der Waals surface area contributed by atoms with Crippen molar-refractivity contribution in [2.75, 3.05) is 31.1 Å². The monoisotopic (exact) mass is 295 g/mol. The van der Waals surface area contributed by atoms with Crippen LogP contribution in [0.1, 0.15) is 25.8 Å². The second kappa shape index (κ2) is 6.50. The molecule has 0 aromatic heterocycles. The van der Waals surface area contributed by atoms with Crippen LogP contribution >= 0.6 is 12.2 Å². The number of nitrogens with two attached hydrogens (primary N) is 1. The third-order valence-electron chi connectivity index (χ3n) is 4.11. The number of hydrogen-bond acceptors (Lipinski definition) is 3. The molecular weight excluding hydrogens is 273 g/mol. The van der Waals surface area contributed by atoms with Crippen LogP contribution < -0.4 is 10.6 Å². The smallest absolute Gasteiger partial charge is 0.135 e. The van der Waals surface area contributed by atoms with Crippen LogP contribution in [0.4, 0.5) is 10.1 Å². The lowest BCUT2D eigenvalue weighted by molar-refractivity contribution is 0.193. The van der Waals surface area contributed by atoms with Gasteiger partial charge in [0, 0.05) is 37.9 Å². The fourth-order valence-electron chi connectivity index (χ4n) is 2.68. The zero-order valence-electron chi connectivity index (χ0n) is 12.1.